The van der Waals surface area contributed by atoms with Gasteiger partial charge in [0.1, 0.15) is 0 Å². The van der Waals surface area contributed by atoms with Gasteiger partial charge in [-0.1, -0.05) is 19.3 Å². The third-order valence-corrected chi connectivity index (χ3v) is 2.14. The minimum absolute atomic E-state index is 0.211. The summed E-state index contributed by atoms with van der Waals surface area (Å²) in [6.07, 6.45) is 6.20. The number of esters is 1. The van der Waals surface area contributed by atoms with E-state index in [2.05, 4.69) is 10.8 Å². The normalized spacial score (nSPS) is 16.1. The first-order valence-corrected chi connectivity index (χ1v) is 5.23. The predicted molar refractivity (Wildman–Crippen MR) is 54.5 cm³/mol. The fourth-order valence-corrected chi connectivity index (χ4v) is 1.43. The van der Waals surface area contributed by atoms with E-state index in [1.165, 1.54) is 26.2 Å². The number of ether oxygens (including phenoxy) is 1. The van der Waals surface area contributed by atoms with Crippen molar-refractivity contribution in [2.75, 3.05) is 6.61 Å². The highest BCUT2D eigenvalue weighted by Crippen LogP contribution is 2.22. The Bertz CT molecular complexity index is 190. The van der Waals surface area contributed by atoms with Crippen molar-refractivity contribution in [2.24, 2.45) is 5.92 Å². The first-order valence-electron chi connectivity index (χ1n) is 5.23. The zero-order valence-electron chi connectivity index (χ0n) is 9.08. The van der Waals surface area contributed by atoms with Gasteiger partial charge < -0.3 is 4.74 Å². The van der Waals surface area contributed by atoms with Crippen molar-refractivity contribution in [1.29, 1.82) is 5.26 Å². The van der Waals surface area contributed by atoms with Crippen LogP contribution in [0.2, 0.25) is 0 Å². The molecule has 0 aromatic carbocycles. The van der Waals surface area contributed by atoms with E-state index in [4.69, 9.17) is 5.26 Å². The molecule has 1 aliphatic carbocycles. The summed E-state index contributed by atoms with van der Waals surface area (Å²) in [4.78, 5) is 9.82. The lowest BCUT2D eigenvalue weighted by atomic mass is 9.91. The van der Waals surface area contributed by atoms with Crippen molar-refractivity contribution in [1.82, 2.24) is 0 Å². The van der Waals surface area contributed by atoms with Gasteiger partial charge in [-0.15, -0.1) is 0 Å². The lowest BCUT2D eigenvalue weighted by molar-refractivity contribution is -0.140. The molecule has 0 heterocycles. The van der Waals surface area contributed by atoms with Gasteiger partial charge >= 0.3 is 5.97 Å². The van der Waals surface area contributed by atoms with E-state index in [0.29, 0.717) is 12.5 Å². The van der Waals surface area contributed by atoms with Crippen LogP contribution in [0.15, 0.2) is 0 Å². The Morgan fingerprint density at radius 1 is 1.43 bits per heavy atom. The van der Waals surface area contributed by atoms with Crippen LogP contribution in [0.4, 0.5) is 0 Å². The molecule has 0 N–H and O–H groups in total. The number of hydrogen-bond donors (Lipinski definition) is 0. The highest BCUT2D eigenvalue weighted by Gasteiger charge is 2.10. The molecular formula is C11H19NO2. The maximum absolute atomic E-state index is 9.82. The minimum atomic E-state index is -0.211. The summed E-state index contributed by atoms with van der Waals surface area (Å²) in [6, 6.07) is 2.30. The molecule has 3 nitrogen and oxygen atoms in total. The van der Waals surface area contributed by atoms with Gasteiger partial charge in [-0.05, 0) is 19.8 Å². The Morgan fingerprint density at radius 3 is 2.21 bits per heavy atom. The first-order chi connectivity index (χ1) is 6.70. The summed E-state index contributed by atoms with van der Waals surface area (Å²) < 4.78 is 4.40. The van der Waals surface area contributed by atoms with Crippen molar-refractivity contribution in [2.45, 2.75) is 46.0 Å². The van der Waals surface area contributed by atoms with Crippen LogP contribution in [0.5, 0.6) is 0 Å². The average molecular weight is 197 g/mol. The van der Waals surface area contributed by atoms with Crippen LogP contribution in [0.3, 0.4) is 0 Å². The monoisotopic (exact) mass is 197 g/mol. The Kier molecular flexibility index (Phi) is 7.92. The molecule has 0 aliphatic heterocycles. The van der Waals surface area contributed by atoms with Crippen molar-refractivity contribution < 1.29 is 9.53 Å². The van der Waals surface area contributed by atoms with Gasteiger partial charge in [-0.2, -0.15) is 5.26 Å². The molecule has 0 bridgehead atoms. The Labute approximate surface area is 86.1 Å². The summed E-state index contributed by atoms with van der Waals surface area (Å²) in [7, 11) is 0. The molecule has 0 atom stereocenters. The quantitative estimate of drug-likeness (QED) is 0.607. The summed E-state index contributed by atoms with van der Waals surface area (Å²) in [5, 5.41) is 8.44. The van der Waals surface area contributed by atoms with E-state index in [1.807, 2.05) is 0 Å². The van der Waals surface area contributed by atoms with E-state index in [0.717, 1.165) is 12.8 Å². The van der Waals surface area contributed by atoms with Gasteiger partial charge in [0.25, 0.3) is 0 Å². The van der Waals surface area contributed by atoms with Gasteiger partial charge in [-0.25, -0.2) is 0 Å². The topological polar surface area (TPSA) is 50.1 Å². The predicted octanol–water partition coefficient (Wildman–Crippen LogP) is 2.66. The molecule has 1 saturated carbocycles. The number of rotatable bonds is 1. The molecule has 3 heteroatoms. The second-order valence-electron chi connectivity index (χ2n) is 3.39. The van der Waals surface area contributed by atoms with Crippen molar-refractivity contribution in [3.05, 3.63) is 0 Å². The highest BCUT2D eigenvalue weighted by atomic mass is 16.5. The third-order valence-electron chi connectivity index (χ3n) is 2.14. The maximum atomic E-state index is 9.82. The minimum Gasteiger partial charge on any atom is -0.466 e. The van der Waals surface area contributed by atoms with Crippen molar-refractivity contribution in [3.8, 4) is 6.07 Å². The van der Waals surface area contributed by atoms with Crippen LogP contribution in [-0.4, -0.2) is 12.6 Å². The lowest BCUT2D eigenvalue weighted by Gasteiger charge is -2.13. The summed E-state index contributed by atoms with van der Waals surface area (Å²) in [5.41, 5.74) is 0. The molecular weight excluding hydrogens is 178 g/mol. The van der Waals surface area contributed by atoms with Gasteiger partial charge in [0.05, 0.1) is 12.7 Å². The van der Waals surface area contributed by atoms with E-state index >= 15 is 0 Å². The number of carbonyl (C=O) groups excluding carboxylic acids is 1. The number of hydrogen-bond acceptors (Lipinski definition) is 3. The molecule has 1 fully saturated rings. The van der Waals surface area contributed by atoms with Crippen molar-refractivity contribution in [3.63, 3.8) is 0 Å². The Hall–Kier alpha value is -1.04. The zero-order valence-corrected chi connectivity index (χ0v) is 9.08. The third kappa shape index (κ3) is 7.60. The molecule has 0 amide bonds. The SMILES string of the molecule is CCOC(C)=O.N#CC1CCCCC1. The first kappa shape index (κ1) is 13.0. The number of nitrogens with zero attached hydrogens (tertiary/aromatic N) is 1. The molecule has 0 saturated heterocycles. The number of nitriles is 1. The van der Waals surface area contributed by atoms with Crippen LogP contribution >= 0.6 is 0 Å². The molecule has 0 aromatic rings. The number of carbonyl (C=O) groups is 1. The van der Waals surface area contributed by atoms with E-state index in [9.17, 15) is 4.79 Å². The smallest absolute Gasteiger partial charge is 0.302 e. The standard InChI is InChI=1S/C7H11N.C4H8O2/c8-6-7-4-2-1-3-5-7;1-3-6-4(2)5/h7H,1-5H2;3H2,1-2H3. The van der Waals surface area contributed by atoms with Gasteiger partial charge in [0.15, 0.2) is 0 Å². The second kappa shape index (κ2) is 8.55. The van der Waals surface area contributed by atoms with Crippen LogP contribution in [0.25, 0.3) is 0 Å². The Balaban J connectivity index is 0.000000255. The van der Waals surface area contributed by atoms with Crippen LogP contribution in [0.1, 0.15) is 46.0 Å². The molecule has 0 unspecified atom stereocenters. The maximum Gasteiger partial charge on any atom is 0.302 e. The summed E-state index contributed by atoms with van der Waals surface area (Å²) in [6.45, 7) is 3.65. The van der Waals surface area contributed by atoms with E-state index in [1.54, 1.807) is 6.92 Å². The molecule has 0 aromatic heterocycles. The largest absolute Gasteiger partial charge is 0.466 e. The molecule has 14 heavy (non-hydrogen) atoms. The molecule has 0 spiro atoms. The van der Waals surface area contributed by atoms with Gasteiger partial charge in [0.2, 0.25) is 0 Å². The lowest BCUT2D eigenvalue weighted by Crippen LogP contribution is -2.02. The molecule has 1 rings (SSSR count). The van der Waals surface area contributed by atoms with Gasteiger partial charge in [-0.3, -0.25) is 4.79 Å². The van der Waals surface area contributed by atoms with Crippen LogP contribution in [0, 0.1) is 17.2 Å². The fraction of sp³-hybridized carbons (Fsp3) is 0.818. The van der Waals surface area contributed by atoms with Crippen LogP contribution < -0.4 is 0 Å². The molecule has 80 valence electrons. The fourth-order valence-electron chi connectivity index (χ4n) is 1.43. The average Bonchev–Trinajstić information content (AvgIpc) is 2.20. The Morgan fingerprint density at radius 2 is 2.00 bits per heavy atom. The summed E-state index contributed by atoms with van der Waals surface area (Å²) >= 11 is 0. The highest BCUT2D eigenvalue weighted by molar-refractivity contribution is 5.65. The van der Waals surface area contributed by atoms with E-state index < -0.39 is 0 Å². The van der Waals surface area contributed by atoms with Gasteiger partial charge in [0, 0.05) is 12.8 Å². The van der Waals surface area contributed by atoms with Crippen molar-refractivity contribution >= 4 is 5.97 Å². The van der Waals surface area contributed by atoms with E-state index in [-0.39, 0.29) is 5.97 Å². The second-order valence-corrected chi connectivity index (χ2v) is 3.39. The molecule has 0 radical (unpaired) electrons. The summed E-state index contributed by atoms with van der Waals surface area (Å²) in [5.74, 6) is 0.182. The van der Waals surface area contributed by atoms with Crippen LogP contribution in [-0.2, 0) is 9.53 Å². The zero-order chi connectivity index (χ0) is 10.8. The molecule has 1 aliphatic rings.